The van der Waals surface area contributed by atoms with Crippen LogP contribution in [0.2, 0.25) is 0 Å². The molecule has 4 heteroatoms. The second-order valence-corrected chi connectivity index (χ2v) is 6.57. The fourth-order valence-electron chi connectivity index (χ4n) is 3.01. The van der Waals surface area contributed by atoms with Crippen molar-refractivity contribution < 1.29 is 0 Å². The first-order chi connectivity index (χ1) is 9.22. The van der Waals surface area contributed by atoms with Crippen LogP contribution >= 0.6 is 15.9 Å². The zero-order chi connectivity index (χ0) is 13.2. The number of piperazine rings is 1. The van der Waals surface area contributed by atoms with Gasteiger partial charge in [0.15, 0.2) is 0 Å². The molecule has 0 saturated carbocycles. The minimum absolute atomic E-state index is 0.790. The van der Waals surface area contributed by atoms with E-state index in [0.717, 1.165) is 25.7 Å². The summed E-state index contributed by atoms with van der Waals surface area (Å²) in [6.07, 6.45) is 0. The third kappa shape index (κ3) is 3.19. The SMILES string of the molecule is Cc1cc(CN2CC(N3CCNCC3)C2)ccc1Br. The molecule has 1 aromatic rings. The van der Waals surface area contributed by atoms with Gasteiger partial charge in [-0.2, -0.15) is 0 Å². The number of halogens is 1. The number of likely N-dealkylation sites (tertiary alicyclic amines) is 1. The lowest BCUT2D eigenvalue weighted by atomic mass is 10.0. The molecule has 0 amide bonds. The maximum absolute atomic E-state index is 3.56. The van der Waals surface area contributed by atoms with Crippen LogP contribution in [-0.4, -0.2) is 55.1 Å². The van der Waals surface area contributed by atoms with Gasteiger partial charge >= 0.3 is 0 Å². The van der Waals surface area contributed by atoms with Gasteiger partial charge in [0.1, 0.15) is 0 Å². The Bertz CT molecular complexity index is 437. The van der Waals surface area contributed by atoms with E-state index in [2.05, 4.69) is 56.2 Å². The molecule has 2 saturated heterocycles. The summed E-state index contributed by atoms with van der Waals surface area (Å²) >= 11 is 3.56. The molecule has 0 aliphatic carbocycles. The molecule has 104 valence electrons. The molecular weight excluding hydrogens is 302 g/mol. The molecule has 3 rings (SSSR count). The molecule has 0 aromatic heterocycles. The Balaban J connectivity index is 1.49. The summed E-state index contributed by atoms with van der Waals surface area (Å²) in [5, 5.41) is 3.42. The van der Waals surface area contributed by atoms with E-state index in [1.54, 1.807) is 0 Å². The number of hydrogen-bond acceptors (Lipinski definition) is 3. The molecule has 0 spiro atoms. The van der Waals surface area contributed by atoms with Gasteiger partial charge in [-0.1, -0.05) is 28.1 Å². The lowest BCUT2D eigenvalue weighted by molar-refractivity contribution is 0.0223. The van der Waals surface area contributed by atoms with E-state index in [4.69, 9.17) is 0 Å². The van der Waals surface area contributed by atoms with Crippen LogP contribution < -0.4 is 5.32 Å². The third-order valence-corrected chi connectivity index (χ3v) is 5.12. The van der Waals surface area contributed by atoms with E-state index in [-0.39, 0.29) is 0 Å². The van der Waals surface area contributed by atoms with E-state index < -0.39 is 0 Å². The summed E-state index contributed by atoms with van der Waals surface area (Å²) in [6.45, 7) is 10.5. The van der Waals surface area contributed by atoms with Crippen molar-refractivity contribution in [2.75, 3.05) is 39.3 Å². The van der Waals surface area contributed by atoms with Gasteiger partial charge in [0.05, 0.1) is 0 Å². The predicted molar refractivity (Wildman–Crippen MR) is 82.4 cm³/mol. The first-order valence-corrected chi connectivity index (χ1v) is 7.94. The van der Waals surface area contributed by atoms with Crippen LogP contribution in [0.25, 0.3) is 0 Å². The van der Waals surface area contributed by atoms with Gasteiger partial charge in [-0.05, 0) is 24.1 Å². The van der Waals surface area contributed by atoms with Crippen molar-refractivity contribution in [3.05, 3.63) is 33.8 Å². The second kappa shape index (κ2) is 5.92. The van der Waals surface area contributed by atoms with Crippen LogP contribution in [0, 0.1) is 6.92 Å². The largest absolute Gasteiger partial charge is 0.314 e. The highest BCUT2D eigenvalue weighted by atomic mass is 79.9. The number of benzene rings is 1. The highest BCUT2D eigenvalue weighted by Gasteiger charge is 2.31. The molecule has 0 radical (unpaired) electrons. The Morgan fingerprint density at radius 1 is 1.26 bits per heavy atom. The quantitative estimate of drug-likeness (QED) is 0.915. The Morgan fingerprint density at radius 3 is 2.68 bits per heavy atom. The minimum atomic E-state index is 0.790. The summed E-state index contributed by atoms with van der Waals surface area (Å²) in [6, 6.07) is 7.48. The van der Waals surface area contributed by atoms with Crippen molar-refractivity contribution in [3.8, 4) is 0 Å². The van der Waals surface area contributed by atoms with E-state index in [0.29, 0.717) is 0 Å². The van der Waals surface area contributed by atoms with Gasteiger partial charge in [0.2, 0.25) is 0 Å². The smallest absolute Gasteiger partial charge is 0.0351 e. The molecule has 2 heterocycles. The summed E-state index contributed by atoms with van der Waals surface area (Å²) in [4.78, 5) is 5.19. The Kier molecular flexibility index (Phi) is 4.22. The molecule has 2 aliphatic heterocycles. The molecule has 2 fully saturated rings. The molecule has 2 aliphatic rings. The zero-order valence-electron chi connectivity index (χ0n) is 11.5. The van der Waals surface area contributed by atoms with Gasteiger partial charge < -0.3 is 5.32 Å². The molecule has 19 heavy (non-hydrogen) atoms. The van der Waals surface area contributed by atoms with Crippen LogP contribution in [0.4, 0.5) is 0 Å². The van der Waals surface area contributed by atoms with Crippen LogP contribution in [0.5, 0.6) is 0 Å². The van der Waals surface area contributed by atoms with E-state index in [9.17, 15) is 0 Å². The van der Waals surface area contributed by atoms with Gasteiger partial charge in [0.25, 0.3) is 0 Å². The molecule has 1 N–H and O–H groups in total. The Labute approximate surface area is 124 Å². The van der Waals surface area contributed by atoms with Crippen molar-refractivity contribution in [1.29, 1.82) is 0 Å². The average molecular weight is 324 g/mol. The van der Waals surface area contributed by atoms with Crippen molar-refractivity contribution in [3.63, 3.8) is 0 Å². The van der Waals surface area contributed by atoms with Gasteiger partial charge in [0, 0.05) is 56.3 Å². The Hall–Kier alpha value is -0.420. The Morgan fingerprint density at radius 2 is 2.00 bits per heavy atom. The van der Waals surface area contributed by atoms with Crippen LogP contribution in [-0.2, 0) is 6.54 Å². The number of hydrogen-bond donors (Lipinski definition) is 1. The van der Waals surface area contributed by atoms with Crippen molar-refractivity contribution in [1.82, 2.24) is 15.1 Å². The number of rotatable bonds is 3. The minimum Gasteiger partial charge on any atom is -0.314 e. The monoisotopic (exact) mass is 323 g/mol. The molecular formula is C15H22BrN3. The fraction of sp³-hybridized carbons (Fsp3) is 0.600. The van der Waals surface area contributed by atoms with Gasteiger partial charge in [-0.3, -0.25) is 9.80 Å². The topological polar surface area (TPSA) is 18.5 Å². The first kappa shape index (κ1) is 13.6. The summed E-state index contributed by atoms with van der Waals surface area (Å²) in [5.41, 5.74) is 2.76. The molecule has 0 bridgehead atoms. The normalized spacial score (nSPS) is 22.4. The van der Waals surface area contributed by atoms with E-state index >= 15 is 0 Å². The lowest BCUT2D eigenvalue weighted by Crippen LogP contribution is -2.62. The van der Waals surface area contributed by atoms with Crippen LogP contribution in [0.1, 0.15) is 11.1 Å². The standard InChI is InChI=1S/C15H22BrN3/c1-12-8-13(2-3-15(12)16)9-18-10-14(11-18)19-6-4-17-5-7-19/h2-3,8,14,17H,4-7,9-11H2,1H3. The average Bonchev–Trinajstić information content (AvgIpc) is 2.38. The number of nitrogens with zero attached hydrogens (tertiary/aromatic N) is 2. The van der Waals surface area contributed by atoms with E-state index in [1.807, 2.05) is 0 Å². The molecule has 0 unspecified atom stereocenters. The summed E-state index contributed by atoms with van der Waals surface area (Å²) in [5.74, 6) is 0. The van der Waals surface area contributed by atoms with Gasteiger partial charge in [-0.25, -0.2) is 0 Å². The zero-order valence-corrected chi connectivity index (χ0v) is 13.1. The molecule has 0 atom stereocenters. The number of nitrogens with one attached hydrogen (secondary N) is 1. The summed E-state index contributed by atoms with van der Waals surface area (Å²) < 4.78 is 1.21. The van der Waals surface area contributed by atoms with Crippen molar-refractivity contribution >= 4 is 15.9 Å². The first-order valence-electron chi connectivity index (χ1n) is 7.14. The highest BCUT2D eigenvalue weighted by Crippen LogP contribution is 2.21. The maximum atomic E-state index is 3.56. The van der Waals surface area contributed by atoms with Crippen LogP contribution in [0.3, 0.4) is 0 Å². The van der Waals surface area contributed by atoms with Crippen molar-refractivity contribution in [2.45, 2.75) is 19.5 Å². The maximum Gasteiger partial charge on any atom is 0.0351 e. The van der Waals surface area contributed by atoms with Crippen LogP contribution in [0.15, 0.2) is 22.7 Å². The molecule has 3 nitrogen and oxygen atoms in total. The van der Waals surface area contributed by atoms with Crippen molar-refractivity contribution in [2.24, 2.45) is 0 Å². The second-order valence-electron chi connectivity index (χ2n) is 5.72. The lowest BCUT2D eigenvalue weighted by Gasteiger charge is -2.47. The predicted octanol–water partition coefficient (Wildman–Crippen LogP) is 1.85. The van der Waals surface area contributed by atoms with Gasteiger partial charge in [-0.15, -0.1) is 0 Å². The third-order valence-electron chi connectivity index (χ3n) is 4.23. The molecule has 1 aromatic carbocycles. The summed E-state index contributed by atoms with van der Waals surface area (Å²) in [7, 11) is 0. The number of aryl methyl sites for hydroxylation is 1. The fourth-order valence-corrected chi connectivity index (χ4v) is 3.26. The van der Waals surface area contributed by atoms with E-state index in [1.165, 1.54) is 41.8 Å². The highest BCUT2D eigenvalue weighted by molar-refractivity contribution is 9.10.